The minimum Gasteiger partial charge on any atom is -0.455 e. The molecule has 1 saturated carbocycles. The van der Waals surface area contributed by atoms with Crippen LogP contribution in [-0.4, -0.2) is 36.0 Å². The van der Waals surface area contributed by atoms with Gasteiger partial charge in [0.15, 0.2) is 6.61 Å². The second-order valence-electron chi connectivity index (χ2n) is 8.81. The van der Waals surface area contributed by atoms with Crippen molar-refractivity contribution in [1.29, 1.82) is 0 Å². The highest BCUT2D eigenvalue weighted by atomic mass is 35.5. The number of esters is 1. The van der Waals surface area contributed by atoms with Gasteiger partial charge in [-0.15, -0.1) is 0 Å². The molecule has 0 spiro atoms. The molecule has 0 unspecified atom stereocenters. The van der Waals surface area contributed by atoms with Gasteiger partial charge in [-0.2, -0.15) is 0 Å². The predicted octanol–water partition coefficient (Wildman–Crippen LogP) is 4.51. The number of nitrogens with zero attached hydrogens (tertiary/aromatic N) is 1. The molecule has 1 heterocycles. The summed E-state index contributed by atoms with van der Waals surface area (Å²) in [5, 5.41) is 0.933. The standard InChI is InChI=1S/C20H25Cl2NO3/c1-19(2)8-15-9-20(3,11-19)12-23(15)17(24)10-26-18(25)6-13-4-5-14(21)7-16(13)22/h4-5,7,15H,6,8-12H2,1-3H3/t15-,20-/m1/s1. The quantitative estimate of drug-likeness (QED) is 0.702. The molecule has 2 aliphatic rings. The van der Waals surface area contributed by atoms with Gasteiger partial charge in [0.05, 0.1) is 6.42 Å². The molecule has 26 heavy (non-hydrogen) atoms. The summed E-state index contributed by atoms with van der Waals surface area (Å²) in [6.45, 7) is 7.32. The zero-order valence-electron chi connectivity index (χ0n) is 15.5. The van der Waals surface area contributed by atoms with Crippen molar-refractivity contribution in [2.24, 2.45) is 10.8 Å². The summed E-state index contributed by atoms with van der Waals surface area (Å²) in [5.41, 5.74) is 1.05. The molecule has 2 atom stereocenters. The zero-order valence-corrected chi connectivity index (χ0v) is 17.0. The summed E-state index contributed by atoms with van der Waals surface area (Å²) in [7, 11) is 0. The Labute approximate surface area is 164 Å². The monoisotopic (exact) mass is 397 g/mol. The lowest BCUT2D eigenvalue weighted by atomic mass is 9.65. The van der Waals surface area contributed by atoms with Gasteiger partial charge in [-0.1, -0.05) is 50.0 Å². The molecule has 0 N–H and O–H groups in total. The van der Waals surface area contributed by atoms with Crippen LogP contribution in [0.15, 0.2) is 18.2 Å². The Bertz CT molecular complexity index is 734. The maximum absolute atomic E-state index is 12.6. The molecule has 1 saturated heterocycles. The maximum atomic E-state index is 12.6. The topological polar surface area (TPSA) is 46.6 Å². The van der Waals surface area contributed by atoms with Crippen LogP contribution in [0.25, 0.3) is 0 Å². The van der Waals surface area contributed by atoms with Crippen molar-refractivity contribution in [3.63, 3.8) is 0 Å². The first-order valence-corrected chi connectivity index (χ1v) is 9.72. The van der Waals surface area contributed by atoms with E-state index >= 15 is 0 Å². The van der Waals surface area contributed by atoms with Crippen LogP contribution in [-0.2, 0) is 20.7 Å². The number of benzene rings is 1. The Balaban J connectivity index is 1.55. The predicted molar refractivity (Wildman–Crippen MR) is 102 cm³/mol. The zero-order chi connectivity index (χ0) is 19.1. The van der Waals surface area contributed by atoms with Gasteiger partial charge in [-0.3, -0.25) is 9.59 Å². The van der Waals surface area contributed by atoms with E-state index in [1.54, 1.807) is 18.2 Å². The minimum atomic E-state index is -0.462. The first-order valence-electron chi connectivity index (χ1n) is 8.96. The number of rotatable bonds is 4. The second-order valence-corrected chi connectivity index (χ2v) is 9.65. The third kappa shape index (κ3) is 4.34. The van der Waals surface area contributed by atoms with Gasteiger partial charge >= 0.3 is 5.97 Å². The van der Waals surface area contributed by atoms with Gasteiger partial charge in [-0.25, -0.2) is 0 Å². The molecule has 1 aliphatic heterocycles. The number of halogens is 2. The number of hydrogen-bond donors (Lipinski definition) is 0. The van der Waals surface area contributed by atoms with Crippen LogP contribution in [0.5, 0.6) is 0 Å². The molecule has 1 aromatic rings. The molecule has 6 heteroatoms. The van der Waals surface area contributed by atoms with Gasteiger partial charge in [0.25, 0.3) is 5.91 Å². The lowest BCUT2D eigenvalue weighted by molar-refractivity contribution is -0.152. The van der Waals surface area contributed by atoms with E-state index in [1.165, 1.54) is 0 Å². The smallest absolute Gasteiger partial charge is 0.310 e. The van der Waals surface area contributed by atoms with Crippen LogP contribution in [0, 0.1) is 10.8 Å². The Kier molecular flexibility index (Phi) is 5.28. The normalized spacial score (nSPS) is 26.7. The highest BCUT2D eigenvalue weighted by Crippen LogP contribution is 2.52. The third-order valence-electron chi connectivity index (χ3n) is 5.44. The molecular formula is C20H25Cl2NO3. The largest absolute Gasteiger partial charge is 0.455 e. The fourth-order valence-electron chi connectivity index (χ4n) is 4.85. The number of amides is 1. The number of likely N-dealkylation sites (tertiary alicyclic amines) is 1. The van der Waals surface area contributed by atoms with Crippen molar-refractivity contribution in [3.05, 3.63) is 33.8 Å². The van der Waals surface area contributed by atoms with Crippen molar-refractivity contribution in [3.8, 4) is 0 Å². The van der Waals surface area contributed by atoms with Crippen molar-refractivity contribution in [1.82, 2.24) is 4.90 Å². The van der Waals surface area contributed by atoms with E-state index in [9.17, 15) is 9.59 Å². The number of carbonyl (C=O) groups is 2. The lowest BCUT2D eigenvalue weighted by Gasteiger charge is -2.39. The summed E-state index contributed by atoms with van der Waals surface area (Å²) in [4.78, 5) is 26.6. The van der Waals surface area contributed by atoms with Crippen LogP contribution in [0.3, 0.4) is 0 Å². The van der Waals surface area contributed by atoms with E-state index in [2.05, 4.69) is 20.8 Å². The maximum Gasteiger partial charge on any atom is 0.310 e. The van der Waals surface area contributed by atoms with Crippen LogP contribution in [0.4, 0.5) is 0 Å². The van der Waals surface area contributed by atoms with E-state index in [0.29, 0.717) is 15.6 Å². The number of carbonyl (C=O) groups excluding carboxylic acids is 2. The van der Waals surface area contributed by atoms with E-state index in [4.69, 9.17) is 27.9 Å². The molecule has 1 aromatic carbocycles. The Morgan fingerprint density at radius 3 is 2.65 bits per heavy atom. The number of hydrogen-bond acceptors (Lipinski definition) is 3. The number of fused-ring (bicyclic) bond motifs is 2. The molecule has 2 fully saturated rings. The first-order chi connectivity index (χ1) is 12.1. The summed E-state index contributed by atoms with van der Waals surface area (Å²) in [5.74, 6) is -0.566. The fraction of sp³-hybridized carbons (Fsp3) is 0.600. The van der Waals surface area contributed by atoms with E-state index < -0.39 is 5.97 Å². The first kappa shape index (κ1) is 19.5. The summed E-state index contributed by atoms with van der Waals surface area (Å²) in [6.07, 6.45) is 3.19. The van der Waals surface area contributed by atoms with E-state index in [1.807, 2.05) is 4.90 Å². The Morgan fingerprint density at radius 1 is 1.23 bits per heavy atom. The van der Waals surface area contributed by atoms with Gasteiger partial charge in [0, 0.05) is 22.6 Å². The van der Waals surface area contributed by atoms with Crippen molar-refractivity contribution in [2.45, 2.75) is 52.5 Å². The van der Waals surface area contributed by atoms with Crippen LogP contribution in [0.2, 0.25) is 10.0 Å². The third-order valence-corrected chi connectivity index (χ3v) is 6.03. The van der Waals surface area contributed by atoms with E-state index in [0.717, 1.165) is 25.8 Å². The van der Waals surface area contributed by atoms with Crippen molar-refractivity contribution < 1.29 is 14.3 Å². The summed E-state index contributed by atoms with van der Waals surface area (Å²) >= 11 is 11.9. The highest BCUT2D eigenvalue weighted by Gasteiger charge is 2.50. The summed E-state index contributed by atoms with van der Waals surface area (Å²) < 4.78 is 5.22. The lowest BCUT2D eigenvalue weighted by Crippen LogP contribution is -2.40. The van der Waals surface area contributed by atoms with Crippen molar-refractivity contribution in [2.75, 3.05) is 13.2 Å². The average Bonchev–Trinajstić information content (AvgIpc) is 2.77. The van der Waals surface area contributed by atoms with Crippen LogP contribution >= 0.6 is 23.2 Å². The fourth-order valence-corrected chi connectivity index (χ4v) is 5.32. The molecule has 3 rings (SSSR count). The molecule has 1 aliphatic carbocycles. The second kappa shape index (κ2) is 7.05. The molecule has 142 valence electrons. The van der Waals surface area contributed by atoms with Crippen molar-refractivity contribution >= 4 is 35.1 Å². The van der Waals surface area contributed by atoms with Crippen LogP contribution < -0.4 is 0 Å². The summed E-state index contributed by atoms with van der Waals surface area (Å²) in [6, 6.07) is 5.21. The highest BCUT2D eigenvalue weighted by molar-refractivity contribution is 6.35. The van der Waals surface area contributed by atoms with E-state index in [-0.39, 0.29) is 35.8 Å². The molecule has 2 bridgehead atoms. The molecule has 0 radical (unpaired) electrons. The molecule has 4 nitrogen and oxygen atoms in total. The van der Waals surface area contributed by atoms with Crippen LogP contribution in [0.1, 0.15) is 45.6 Å². The molecule has 1 amide bonds. The Morgan fingerprint density at radius 2 is 1.96 bits per heavy atom. The SMILES string of the molecule is CC1(C)C[C@@H]2C[C@@](C)(CN2C(=O)COC(=O)Cc2ccc(Cl)cc2Cl)C1. The van der Waals surface area contributed by atoms with Gasteiger partial charge < -0.3 is 9.64 Å². The van der Waals surface area contributed by atoms with Gasteiger partial charge in [0.2, 0.25) is 0 Å². The number of ether oxygens (including phenoxy) is 1. The van der Waals surface area contributed by atoms with Gasteiger partial charge in [0.1, 0.15) is 0 Å². The Hall–Kier alpha value is -1.26. The van der Waals surface area contributed by atoms with Gasteiger partial charge in [-0.05, 0) is 47.8 Å². The molecular weight excluding hydrogens is 373 g/mol. The average molecular weight is 398 g/mol. The minimum absolute atomic E-state index is 0.0253. The molecule has 0 aromatic heterocycles.